The average Bonchev–Trinajstić information content (AvgIpc) is 2.42. The molecule has 0 unspecified atom stereocenters. The zero-order valence-corrected chi connectivity index (χ0v) is 8.01. The molecule has 0 saturated carbocycles. The normalized spacial score (nSPS) is 22.4. The van der Waals surface area contributed by atoms with E-state index in [0.717, 1.165) is 0 Å². The summed E-state index contributed by atoms with van der Waals surface area (Å²) >= 11 is 0. The summed E-state index contributed by atoms with van der Waals surface area (Å²) in [4.78, 5) is 0. The van der Waals surface area contributed by atoms with Crippen LogP contribution in [0.2, 0.25) is 0 Å². The van der Waals surface area contributed by atoms with E-state index in [4.69, 9.17) is 31.2 Å². The lowest BCUT2D eigenvalue weighted by Gasteiger charge is -2.38. The van der Waals surface area contributed by atoms with Gasteiger partial charge in [0.1, 0.15) is 0 Å². The van der Waals surface area contributed by atoms with Crippen LogP contribution in [0.15, 0.2) is 0 Å². The predicted molar refractivity (Wildman–Crippen MR) is 36.9 cm³/mol. The molecule has 0 radical (unpaired) electrons. The SMILES string of the molecule is [O-][N+](O)(O)N1CN([N+]([O-])(O)O)N([N+]([O-])(O)O)C1. The van der Waals surface area contributed by atoms with Crippen LogP contribution in [0.4, 0.5) is 0 Å². The third-order valence-corrected chi connectivity index (χ3v) is 1.82. The van der Waals surface area contributed by atoms with Crippen LogP contribution in [-0.2, 0) is 0 Å². The molecule has 15 nitrogen and oxygen atoms in total. The van der Waals surface area contributed by atoms with Crippen molar-refractivity contribution in [1.29, 1.82) is 0 Å². The fourth-order valence-corrected chi connectivity index (χ4v) is 1.08. The summed E-state index contributed by atoms with van der Waals surface area (Å²) in [7, 11) is 0. The fraction of sp³-hybridized carbons (Fsp3) is 1.00. The van der Waals surface area contributed by atoms with Gasteiger partial charge in [0, 0.05) is 15.2 Å². The molecule has 1 fully saturated rings. The van der Waals surface area contributed by atoms with Gasteiger partial charge in [-0.1, -0.05) is 0 Å². The third kappa shape index (κ3) is 3.20. The summed E-state index contributed by atoms with van der Waals surface area (Å²) in [6, 6.07) is 0. The molecule has 0 bridgehead atoms. The molecule has 0 spiro atoms. The van der Waals surface area contributed by atoms with Gasteiger partial charge in [-0.2, -0.15) is 31.2 Å². The molecule has 102 valence electrons. The van der Waals surface area contributed by atoms with E-state index < -0.39 is 28.6 Å². The molecule has 1 heterocycles. The van der Waals surface area contributed by atoms with Crippen molar-refractivity contribution in [2.75, 3.05) is 13.3 Å². The second-order valence-corrected chi connectivity index (χ2v) is 3.07. The second kappa shape index (κ2) is 3.96. The number of hydrazine groups is 1. The van der Waals surface area contributed by atoms with Crippen LogP contribution in [0.25, 0.3) is 0 Å². The minimum absolute atomic E-state index is 0.0469. The Morgan fingerprint density at radius 3 is 1.12 bits per heavy atom. The van der Waals surface area contributed by atoms with Gasteiger partial charge in [-0.05, 0) is 5.01 Å². The lowest BCUT2D eigenvalue weighted by atomic mass is 11.0. The Hall–Kier alpha value is -0.600. The van der Waals surface area contributed by atoms with E-state index >= 15 is 0 Å². The summed E-state index contributed by atoms with van der Waals surface area (Å²) in [6.07, 6.45) is 0. The zero-order chi connectivity index (χ0) is 13.6. The first-order valence-electron chi connectivity index (χ1n) is 3.81. The first kappa shape index (κ1) is 14.5. The second-order valence-electron chi connectivity index (χ2n) is 3.07. The Morgan fingerprint density at radius 2 is 0.941 bits per heavy atom. The first-order valence-corrected chi connectivity index (χ1v) is 3.81. The minimum Gasteiger partial charge on any atom is -0.543 e. The molecule has 0 aromatic carbocycles. The Labute approximate surface area is 91.9 Å². The highest BCUT2D eigenvalue weighted by Gasteiger charge is 2.54. The quantitative estimate of drug-likeness (QED) is 0.236. The topological polar surface area (TPSA) is 200 Å². The fourth-order valence-electron chi connectivity index (χ4n) is 1.08. The average molecular weight is 262 g/mol. The van der Waals surface area contributed by atoms with Crippen LogP contribution in [0.5, 0.6) is 0 Å². The van der Waals surface area contributed by atoms with Crippen LogP contribution in [0.3, 0.4) is 0 Å². The lowest BCUT2D eigenvalue weighted by Crippen LogP contribution is -2.65. The lowest BCUT2D eigenvalue weighted by molar-refractivity contribution is -1.37. The van der Waals surface area contributed by atoms with Gasteiger partial charge >= 0.3 is 0 Å². The van der Waals surface area contributed by atoms with E-state index in [-0.39, 0.29) is 15.2 Å². The van der Waals surface area contributed by atoms with Gasteiger partial charge in [0.15, 0.2) is 13.3 Å². The number of nitrogens with zero attached hydrogens (tertiary/aromatic N) is 6. The standard InChI is InChI=1S/C2H10N6O9/c9-6(10,11)3-1-4(7(12,13)14)5(2-3)8(15,16)17/h9-10,12-13,15-16H,1-2H2. The molecule has 17 heavy (non-hydrogen) atoms. The van der Waals surface area contributed by atoms with Crippen molar-refractivity contribution in [3.05, 3.63) is 15.6 Å². The number of quaternary nitrogens is 3. The molecule has 0 amide bonds. The maximum atomic E-state index is 10.7. The van der Waals surface area contributed by atoms with Crippen molar-refractivity contribution in [2.45, 2.75) is 0 Å². The Balaban J connectivity index is 2.96. The summed E-state index contributed by atoms with van der Waals surface area (Å²) < 4.78 is 0. The van der Waals surface area contributed by atoms with E-state index in [1.807, 2.05) is 0 Å². The van der Waals surface area contributed by atoms with Gasteiger partial charge in [-0.25, -0.2) is 0 Å². The van der Waals surface area contributed by atoms with Crippen LogP contribution in [0, 0.1) is 15.6 Å². The molecule has 0 aromatic rings. The van der Waals surface area contributed by atoms with Crippen molar-refractivity contribution in [1.82, 2.24) is 15.2 Å². The van der Waals surface area contributed by atoms with Crippen molar-refractivity contribution in [3.8, 4) is 0 Å². The van der Waals surface area contributed by atoms with E-state index in [1.165, 1.54) is 0 Å². The van der Waals surface area contributed by atoms with Gasteiger partial charge in [0.05, 0.1) is 10.2 Å². The minimum atomic E-state index is -3.32. The smallest absolute Gasteiger partial charge is 0.185 e. The van der Waals surface area contributed by atoms with Crippen molar-refractivity contribution in [3.63, 3.8) is 0 Å². The molecule has 15 heteroatoms. The third-order valence-electron chi connectivity index (χ3n) is 1.82. The van der Waals surface area contributed by atoms with Crippen molar-refractivity contribution in [2.24, 2.45) is 0 Å². The van der Waals surface area contributed by atoms with E-state index in [0.29, 0.717) is 0 Å². The Morgan fingerprint density at radius 1 is 0.647 bits per heavy atom. The molecule has 1 aliphatic rings. The Bertz CT molecular complexity index is 255. The summed E-state index contributed by atoms with van der Waals surface area (Å²) in [5.41, 5.74) is 0. The van der Waals surface area contributed by atoms with Gasteiger partial charge in [0.25, 0.3) is 0 Å². The largest absolute Gasteiger partial charge is 0.543 e. The van der Waals surface area contributed by atoms with Gasteiger partial charge in [-0.15, -0.1) is 0 Å². The molecule has 0 atom stereocenters. The molecule has 1 aliphatic heterocycles. The van der Waals surface area contributed by atoms with Crippen LogP contribution < -0.4 is 0 Å². The summed E-state index contributed by atoms with van der Waals surface area (Å²) in [5, 5.41) is 72.9. The monoisotopic (exact) mass is 262 g/mol. The number of hydrogen-bond donors (Lipinski definition) is 6. The maximum absolute atomic E-state index is 10.7. The van der Waals surface area contributed by atoms with E-state index in [9.17, 15) is 15.6 Å². The molecule has 1 saturated heterocycles. The van der Waals surface area contributed by atoms with Crippen LogP contribution in [0.1, 0.15) is 0 Å². The highest BCUT2D eigenvalue weighted by molar-refractivity contribution is 4.46. The van der Waals surface area contributed by atoms with Gasteiger partial charge in [0.2, 0.25) is 0 Å². The van der Waals surface area contributed by atoms with Crippen LogP contribution in [-0.4, -0.2) is 75.1 Å². The molecule has 1 rings (SSSR count). The van der Waals surface area contributed by atoms with Crippen LogP contribution >= 0.6 is 0 Å². The first-order chi connectivity index (χ1) is 7.33. The van der Waals surface area contributed by atoms with Crippen molar-refractivity contribution < 1.29 is 46.5 Å². The summed E-state index contributed by atoms with van der Waals surface area (Å²) in [6.45, 7) is -2.40. The van der Waals surface area contributed by atoms with Gasteiger partial charge in [-0.3, -0.25) is 0 Å². The molecular weight excluding hydrogens is 252 g/mol. The molecule has 0 aliphatic carbocycles. The highest BCUT2D eigenvalue weighted by Crippen LogP contribution is 2.23. The van der Waals surface area contributed by atoms with E-state index in [1.54, 1.807) is 0 Å². The molecule has 0 aromatic heterocycles. The van der Waals surface area contributed by atoms with Crippen molar-refractivity contribution >= 4 is 0 Å². The summed E-state index contributed by atoms with van der Waals surface area (Å²) in [5.74, 6) is 0. The highest BCUT2D eigenvalue weighted by atomic mass is 17.2. The molecule has 6 N–H and O–H groups in total. The van der Waals surface area contributed by atoms with Gasteiger partial charge < -0.3 is 15.6 Å². The maximum Gasteiger partial charge on any atom is 0.185 e. The number of rotatable bonds is 3. The number of hydrogen-bond acceptors (Lipinski definition) is 12. The zero-order valence-electron chi connectivity index (χ0n) is 8.01. The molecular formula is C2H10N6O9. The van der Waals surface area contributed by atoms with E-state index in [2.05, 4.69) is 0 Å². The Kier molecular flexibility index (Phi) is 3.37. The predicted octanol–water partition coefficient (Wildman–Crippen LogP) is -2.24.